The zero-order chi connectivity index (χ0) is 24.4. The summed E-state index contributed by atoms with van der Waals surface area (Å²) < 4.78 is 3.28. The van der Waals surface area contributed by atoms with Crippen LogP contribution in [-0.2, 0) is 18.6 Å². The lowest BCUT2D eigenvalue weighted by molar-refractivity contribution is -1.01. The Balaban J connectivity index is 1.36. The smallest absolute Gasteiger partial charge is 0.212 e. The van der Waals surface area contributed by atoms with Crippen LogP contribution in [0.4, 0.5) is 0 Å². The van der Waals surface area contributed by atoms with Gasteiger partial charge in [0.2, 0.25) is 5.82 Å². The molecule has 9 heteroatoms. The zero-order valence-corrected chi connectivity index (χ0v) is 21.6. The van der Waals surface area contributed by atoms with E-state index >= 15 is 0 Å². The third-order valence-corrected chi connectivity index (χ3v) is 9.18. The highest BCUT2D eigenvalue weighted by atomic mass is 15.6. The van der Waals surface area contributed by atoms with E-state index in [4.69, 9.17) is 5.10 Å². The minimum atomic E-state index is -0.0597. The number of nitrogens with zero attached hydrogens (tertiary/aromatic N) is 7. The molecule has 1 aliphatic carbocycles. The van der Waals surface area contributed by atoms with Crippen molar-refractivity contribution in [3.63, 3.8) is 0 Å². The Kier molecular flexibility index (Phi) is 6.62. The van der Waals surface area contributed by atoms with Crippen LogP contribution in [0, 0.1) is 6.92 Å². The number of benzene rings is 1. The number of aromatic nitrogens is 6. The number of imidazole rings is 1. The van der Waals surface area contributed by atoms with Gasteiger partial charge in [-0.2, -0.15) is 0 Å². The molecule has 3 aliphatic rings. The van der Waals surface area contributed by atoms with Crippen molar-refractivity contribution in [1.29, 1.82) is 0 Å². The summed E-state index contributed by atoms with van der Waals surface area (Å²) >= 11 is 0. The van der Waals surface area contributed by atoms with Crippen molar-refractivity contribution in [3.8, 4) is 0 Å². The average Bonchev–Trinajstić information content (AvgIpc) is 3.42. The van der Waals surface area contributed by atoms with Crippen molar-refractivity contribution in [2.24, 2.45) is 0 Å². The van der Waals surface area contributed by atoms with E-state index in [0.717, 1.165) is 68.2 Å². The van der Waals surface area contributed by atoms with E-state index < -0.39 is 0 Å². The van der Waals surface area contributed by atoms with Crippen LogP contribution in [0.5, 0.6) is 0 Å². The van der Waals surface area contributed by atoms with Crippen LogP contribution in [0.2, 0.25) is 0 Å². The molecule has 0 bridgehead atoms. The molecule has 0 spiro atoms. The van der Waals surface area contributed by atoms with Gasteiger partial charge in [0.05, 0.1) is 25.7 Å². The molecule has 2 aliphatic heterocycles. The van der Waals surface area contributed by atoms with Gasteiger partial charge >= 0.3 is 0 Å². The second-order valence-electron chi connectivity index (χ2n) is 11.1. The van der Waals surface area contributed by atoms with Crippen molar-refractivity contribution in [2.45, 2.75) is 70.1 Å². The van der Waals surface area contributed by atoms with E-state index in [0.29, 0.717) is 6.04 Å². The lowest BCUT2D eigenvalue weighted by Crippen LogP contribution is -2.72. The number of hydrogen-bond donors (Lipinski definition) is 2. The molecular weight excluding hydrogens is 450 g/mol. The normalized spacial score (nSPS) is 25.4. The zero-order valence-electron chi connectivity index (χ0n) is 21.6. The first kappa shape index (κ1) is 23.8. The molecule has 0 amide bonds. The standard InChI is InChI=1S/C27H40N9/c1-22-29-19-24(30-22)21-34-15-11-27(12-16-34,36(25-9-5-10-25)17-6-13-28-14-18-36)26-31-32-33-35(26)20-23-7-3-2-4-8-23/h2-4,7-8,19,25,28H,5-6,9-18,20-21H2,1H3,(H,29,30)/q+1. The number of rotatable bonds is 7. The van der Waals surface area contributed by atoms with E-state index in [9.17, 15) is 0 Å². The number of aromatic amines is 1. The van der Waals surface area contributed by atoms with Crippen molar-refractivity contribution in [3.05, 3.63) is 59.4 Å². The summed E-state index contributed by atoms with van der Waals surface area (Å²) in [5.41, 5.74) is 2.40. The lowest BCUT2D eigenvalue weighted by atomic mass is 9.76. The van der Waals surface area contributed by atoms with Gasteiger partial charge in [0, 0.05) is 63.9 Å². The van der Waals surface area contributed by atoms with Gasteiger partial charge in [-0.15, -0.1) is 5.10 Å². The molecule has 3 fully saturated rings. The molecule has 1 aromatic carbocycles. The first-order chi connectivity index (χ1) is 17.7. The van der Waals surface area contributed by atoms with Crippen LogP contribution in [0.3, 0.4) is 0 Å². The van der Waals surface area contributed by atoms with E-state index in [1.807, 2.05) is 13.1 Å². The number of likely N-dealkylation sites (tertiary alicyclic amines) is 1. The highest BCUT2D eigenvalue weighted by Crippen LogP contribution is 2.49. The fourth-order valence-electron chi connectivity index (χ4n) is 7.17. The summed E-state index contributed by atoms with van der Waals surface area (Å²) in [5, 5.41) is 17.4. The van der Waals surface area contributed by atoms with E-state index in [2.05, 4.69) is 65.6 Å². The third-order valence-electron chi connectivity index (χ3n) is 9.18. The molecule has 2 N–H and O–H groups in total. The third kappa shape index (κ3) is 4.27. The summed E-state index contributed by atoms with van der Waals surface area (Å²) in [5.74, 6) is 2.10. The van der Waals surface area contributed by atoms with Gasteiger partial charge in [-0.1, -0.05) is 30.3 Å². The SMILES string of the molecule is Cc1ncc(CN2CCC(c3nnnn3Cc3ccccc3)([N+]3(C4CCC4)CCCNCC3)CC2)[nH]1. The maximum Gasteiger partial charge on any atom is 0.212 e. The van der Waals surface area contributed by atoms with Crippen molar-refractivity contribution < 1.29 is 4.48 Å². The van der Waals surface area contributed by atoms with Crippen LogP contribution in [0.1, 0.15) is 61.4 Å². The number of hydrogen-bond acceptors (Lipinski definition) is 6. The van der Waals surface area contributed by atoms with E-state index in [1.54, 1.807) is 0 Å². The number of nitrogens with one attached hydrogen (secondary N) is 2. The Morgan fingerprint density at radius 1 is 1.03 bits per heavy atom. The number of aryl methyl sites for hydroxylation is 1. The second-order valence-corrected chi connectivity index (χ2v) is 11.1. The van der Waals surface area contributed by atoms with Gasteiger partial charge < -0.3 is 14.8 Å². The molecule has 2 saturated heterocycles. The molecule has 6 rings (SSSR count). The topological polar surface area (TPSA) is 87.6 Å². The molecule has 0 radical (unpaired) electrons. The molecule has 36 heavy (non-hydrogen) atoms. The van der Waals surface area contributed by atoms with Gasteiger partial charge in [-0.3, -0.25) is 4.90 Å². The minimum Gasteiger partial charge on any atom is -0.345 e. The minimum absolute atomic E-state index is 0.0597. The van der Waals surface area contributed by atoms with Crippen molar-refractivity contribution in [1.82, 2.24) is 40.4 Å². The van der Waals surface area contributed by atoms with Gasteiger partial charge in [-0.25, -0.2) is 9.67 Å². The highest BCUT2D eigenvalue weighted by Gasteiger charge is 2.60. The number of tetrazole rings is 1. The maximum atomic E-state index is 4.84. The fraction of sp³-hybridized carbons (Fsp3) is 0.630. The summed E-state index contributed by atoms with van der Waals surface area (Å²) in [4.78, 5) is 10.4. The van der Waals surface area contributed by atoms with Crippen molar-refractivity contribution in [2.75, 3.05) is 39.3 Å². The molecule has 1 atom stereocenters. The molecular formula is C27H40N9+. The maximum absolute atomic E-state index is 4.84. The van der Waals surface area contributed by atoms with Crippen LogP contribution < -0.4 is 5.32 Å². The van der Waals surface area contributed by atoms with E-state index in [-0.39, 0.29) is 5.54 Å². The first-order valence-corrected chi connectivity index (χ1v) is 13.8. The summed E-state index contributed by atoms with van der Waals surface area (Å²) in [6.45, 7) is 10.4. The van der Waals surface area contributed by atoms with Gasteiger partial charge in [0.25, 0.3) is 0 Å². The summed E-state index contributed by atoms with van der Waals surface area (Å²) in [7, 11) is 0. The Bertz CT molecular complexity index is 1120. The van der Waals surface area contributed by atoms with E-state index in [1.165, 1.54) is 50.0 Å². The molecule has 1 saturated carbocycles. The highest BCUT2D eigenvalue weighted by molar-refractivity contribution is 5.16. The Labute approximate surface area is 213 Å². The molecule has 3 aromatic rings. The van der Waals surface area contributed by atoms with Crippen LogP contribution in [0.15, 0.2) is 36.5 Å². The monoisotopic (exact) mass is 490 g/mol. The number of quaternary nitrogens is 1. The predicted octanol–water partition coefficient (Wildman–Crippen LogP) is 2.61. The molecule has 4 heterocycles. The second kappa shape index (κ2) is 10.0. The molecule has 2 aromatic heterocycles. The molecule has 9 nitrogen and oxygen atoms in total. The molecule has 192 valence electrons. The van der Waals surface area contributed by atoms with Crippen LogP contribution >= 0.6 is 0 Å². The quantitative estimate of drug-likeness (QED) is 0.495. The van der Waals surface area contributed by atoms with Gasteiger partial charge in [0.1, 0.15) is 5.82 Å². The largest absolute Gasteiger partial charge is 0.345 e. The van der Waals surface area contributed by atoms with Gasteiger partial charge in [0.15, 0.2) is 5.54 Å². The Morgan fingerprint density at radius 2 is 1.86 bits per heavy atom. The first-order valence-electron chi connectivity index (χ1n) is 13.8. The van der Waals surface area contributed by atoms with Crippen molar-refractivity contribution >= 4 is 0 Å². The Hall–Kier alpha value is -2.62. The van der Waals surface area contributed by atoms with Crippen LogP contribution in [0.25, 0.3) is 0 Å². The number of piperidine rings is 1. The number of H-pyrrole nitrogens is 1. The predicted molar refractivity (Wildman–Crippen MR) is 138 cm³/mol. The van der Waals surface area contributed by atoms with Crippen LogP contribution in [-0.4, -0.2) is 84.9 Å². The summed E-state index contributed by atoms with van der Waals surface area (Å²) in [6.07, 6.45) is 9.40. The average molecular weight is 491 g/mol. The summed E-state index contributed by atoms with van der Waals surface area (Å²) in [6, 6.07) is 11.4. The lowest BCUT2D eigenvalue weighted by Gasteiger charge is -2.60. The molecule has 1 unspecified atom stereocenters. The Morgan fingerprint density at radius 3 is 2.58 bits per heavy atom. The van der Waals surface area contributed by atoms with Gasteiger partial charge in [-0.05, 0) is 42.2 Å². The fourth-order valence-corrected chi connectivity index (χ4v) is 7.17.